The zero-order valence-electron chi connectivity index (χ0n) is 12.2. The van der Waals surface area contributed by atoms with E-state index in [-0.39, 0.29) is 18.6 Å². The summed E-state index contributed by atoms with van der Waals surface area (Å²) in [5, 5.41) is 9.10. The molecule has 1 amide bonds. The summed E-state index contributed by atoms with van der Waals surface area (Å²) in [5.74, 6) is 0.0151. The van der Waals surface area contributed by atoms with Gasteiger partial charge in [0.25, 0.3) is 0 Å². The van der Waals surface area contributed by atoms with Crippen molar-refractivity contribution in [3.05, 3.63) is 29.8 Å². The van der Waals surface area contributed by atoms with Gasteiger partial charge in [-0.3, -0.25) is 4.79 Å². The molecule has 1 aromatic rings. The molecule has 0 saturated carbocycles. The maximum Gasteiger partial charge on any atom is 0.232 e. The van der Waals surface area contributed by atoms with Gasteiger partial charge < -0.3 is 15.7 Å². The Morgan fingerprint density at radius 2 is 1.84 bits per heavy atom. The molecule has 1 aromatic carbocycles. The van der Waals surface area contributed by atoms with E-state index in [1.54, 1.807) is 17.0 Å². The lowest BCUT2D eigenvalue weighted by Crippen LogP contribution is -2.48. The molecule has 0 fully saturated rings. The summed E-state index contributed by atoms with van der Waals surface area (Å²) in [7, 11) is 0. The molecular weight excluding hydrogens is 240 g/mol. The number of carbonyl (C=O) groups is 1. The molecule has 0 unspecified atom stereocenters. The first kappa shape index (κ1) is 15.5. The number of amides is 1. The van der Waals surface area contributed by atoms with Gasteiger partial charge in [-0.15, -0.1) is 0 Å². The number of nitrogens with zero attached hydrogens (tertiary/aromatic N) is 1. The lowest BCUT2D eigenvalue weighted by molar-refractivity contribution is -0.138. The molecule has 0 atom stereocenters. The van der Waals surface area contributed by atoms with Gasteiger partial charge in [0.1, 0.15) is 0 Å². The topological polar surface area (TPSA) is 66.6 Å². The Balaban J connectivity index is 3.03. The predicted molar refractivity (Wildman–Crippen MR) is 77.8 cm³/mol. The van der Waals surface area contributed by atoms with Crippen LogP contribution in [0.3, 0.4) is 0 Å². The fourth-order valence-corrected chi connectivity index (χ4v) is 2.08. The quantitative estimate of drug-likeness (QED) is 0.797. The first-order valence-electron chi connectivity index (χ1n) is 6.58. The summed E-state index contributed by atoms with van der Waals surface area (Å²) >= 11 is 0. The Kier molecular flexibility index (Phi) is 4.95. The highest BCUT2D eigenvalue weighted by Crippen LogP contribution is 2.27. The minimum Gasteiger partial charge on any atom is -0.399 e. The number of nitrogen functional groups attached to an aromatic ring is 1. The number of benzene rings is 1. The molecule has 4 heteroatoms. The zero-order chi connectivity index (χ0) is 14.6. The molecule has 106 valence electrons. The summed E-state index contributed by atoms with van der Waals surface area (Å²) in [6.45, 7) is 8.02. The second kappa shape index (κ2) is 6.06. The largest absolute Gasteiger partial charge is 0.399 e. The maximum atomic E-state index is 12.7. The van der Waals surface area contributed by atoms with E-state index in [0.29, 0.717) is 12.2 Å². The second-order valence-corrected chi connectivity index (χ2v) is 5.56. The van der Waals surface area contributed by atoms with Gasteiger partial charge in [0.15, 0.2) is 0 Å². The van der Waals surface area contributed by atoms with Crippen LogP contribution in [-0.2, 0) is 10.2 Å². The highest BCUT2D eigenvalue weighted by atomic mass is 16.3. The number of rotatable bonds is 5. The van der Waals surface area contributed by atoms with Crippen LogP contribution in [0.2, 0.25) is 0 Å². The van der Waals surface area contributed by atoms with Gasteiger partial charge in [0, 0.05) is 18.3 Å². The number of hydrogen-bond acceptors (Lipinski definition) is 3. The fourth-order valence-electron chi connectivity index (χ4n) is 2.08. The SMILES string of the molecule is CC(C)N(CCO)C(=O)C(C)(C)c1ccc(N)cc1. The third-order valence-corrected chi connectivity index (χ3v) is 3.39. The first-order valence-corrected chi connectivity index (χ1v) is 6.58. The molecule has 3 N–H and O–H groups in total. The van der Waals surface area contributed by atoms with Gasteiger partial charge in [0.05, 0.1) is 12.0 Å². The minimum atomic E-state index is -0.632. The smallest absolute Gasteiger partial charge is 0.232 e. The van der Waals surface area contributed by atoms with Crippen LogP contribution in [0, 0.1) is 0 Å². The van der Waals surface area contributed by atoms with Gasteiger partial charge in [0.2, 0.25) is 5.91 Å². The molecule has 0 aromatic heterocycles. The average Bonchev–Trinajstić information content (AvgIpc) is 2.35. The lowest BCUT2D eigenvalue weighted by atomic mass is 9.82. The van der Waals surface area contributed by atoms with Gasteiger partial charge in [-0.1, -0.05) is 12.1 Å². The fraction of sp³-hybridized carbons (Fsp3) is 0.533. The van der Waals surface area contributed by atoms with E-state index in [0.717, 1.165) is 5.56 Å². The van der Waals surface area contributed by atoms with Crippen molar-refractivity contribution in [2.24, 2.45) is 0 Å². The average molecular weight is 264 g/mol. The van der Waals surface area contributed by atoms with E-state index in [1.165, 1.54) is 0 Å². The number of carbonyl (C=O) groups excluding carboxylic acids is 1. The van der Waals surface area contributed by atoms with Crippen LogP contribution in [0.1, 0.15) is 33.3 Å². The maximum absolute atomic E-state index is 12.7. The molecule has 0 aliphatic carbocycles. The van der Waals surface area contributed by atoms with Crippen LogP contribution in [0.4, 0.5) is 5.69 Å². The van der Waals surface area contributed by atoms with Gasteiger partial charge in [-0.2, -0.15) is 0 Å². The normalized spacial score (nSPS) is 11.7. The minimum absolute atomic E-state index is 0.0151. The Hall–Kier alpha value is -1.55. The van der Waals surface area contributed by atoms with Gasteiger partial charge in [-0.05, 0) is 45.4 Å². The third kappa shape index (κ3) is 3.47. The molecule has 0 bridgehead atoms. The monoisotopic (exact) mass is 264 g/mol. The van der Waals surface area contributed by atoms with Gasteiger partial charge in [-0.25, -0.2) is 0 Å². The van der Waals surface area contributed by atoms with Crippen molar-refractivity contribution in [3.8, 4) is 0 Å². The summed E-state index contributed by atoms with van der Waals surface area (Å²) < 4.78 is 0. The van der Waals surface area contributed by atoms with Crippen molar-refractivity contribution >= 4 is 11.6 Å². The number of hydrogen-bond donors (Lipinski definition) is 2. The molecule has 1 rings (SSSR count). The molecule has 0 saturated heterocycles. The van der Waals surface area contributed by atoms with Crippen molar-refractivity contribution in [1.29, 1.82) is 0 Å². The third-order valence-electron chi connectivity index (χ3n) is 3.39. The Bertz CT molecular complexity index is 424. The second-order valence-electron chi connectivity index (χ2n) is 5.56. The molecule has 0 aliphatic heterocycles. The van der Waals surface area contributed by atoms with E-state index >= 15 is 0 Å². The summed E-state index contributed by atoms with van der Waals surface area (Å²) in [6, 6.07) is 7.43. The van der Waals surface area contributed by atoms with Crippen LogP contribution < -0.4 is 5.73 Å². The summed E-state index contributed by atoms with van der Waals surface area (Å²) in [6.07, 6.45) is 0. The first-order chi connectivity index (χ1) is 8.80. The van der Waals surface area contributed by atoms with Crippen LogP contribution >= 0.6 is 0 Å². The van der Waals surface area contributed by atoms with E-state index < -0.39 is 5.41 Å². The van der Waals surface area contributed by atoms with Crippen molar-refractivity contribution in [2.75, 3.05) is 18.9 Å². The molecule has 0 spiro atoms. The Morgan fingerprint density at radius 3 is 2.26 bits per heavy atom. The zero-order valence-corrected chi connectivity index (χ0v) is 12.2. The van der Waals surface area contributed by atoms with Crippen LogP contribution in [0.25, 0.3) is 0 Å². The Labute approximate surface area is 115 Å². The molecule has 0 aliphatic rings. The standard InChI is InChI=1S/C15H24N2O2/c1-11(2)17(9-10-18)14(19)15(3,4)12-5-7-13(16)8-6-12/h5-8,11,18H,9-10,16H2,1-4H3. The highest BCUT2D eigenvalue weighted by Gasteiger charge is 2.34. The number of nitrogens with two attached hydrogens (primary N) is 1. The Morgan fingerprint density at radius 1 is 1.32 bits per heavy atom. The highest BCUT2D eigenvalue weighted by molar-refractivity contribution is 5.87. The van der Waals surface area contributed by atoms with E-state index in [9.17, 15) is 4.79 Å². The van der Waals surface area contributed by atoms with Gasteiger partial charge >= 0.3 is 0 Å². The molecule has 0 radical (unpaired) electrons. The van der Waals surface area contributed by atoms with Crippen LogP contribution in [0.15, 0.2) is 24.3 Å². The molecule has 4 nitrogen and oxygen atoms in total. The molecule has 19 heavy (non-hydrogen) atoms. The summed E-state index contributed by atoms with van der Waals surface area (Å²) in [4.78, 5) is 14.4. The van der Waals surface area contributed by atoms with E-state index in [1.807, 2.05) is 39.8 Å². The number of anilines is 1. The molecular formula is C15H24N2O2. The van der Waals surface area contributed by atoms with Crippen molar-refractivity contribution in [3.63, 3.8) is 0 Å². The van der Waals surface area contributed by atoms with Crippen molar-refractivity contribution in [2.45, 2.75) is 39.2 Å². The predicted octanol–water partition coefficient (Wildman–Crippen LogP) is 1.78. The van der Waals surface area contributed by atoms with E-state index in [2.05, 4.69) is 0 Å². The van der Waals surface area contributed by atoms with Crippen LogP contribution in [-0.4, -0.2) is 35.1 Å². The number of aliphatic hydroxyl groups excluding tert-OH is 1. The summed E-state index contributed by atoms with van der Waals surface area (Å²) in [5.41, 5.74) is 6.65. The lowest BCUT2D eigenvalue weighted by Gasteiger charge is -2.34. The molecule has 0 heterocycles. The van der Waals surface area contributed by atoms with E-state index in [4.69, 9.17) is 10.8 Å². The van der Waals surface area contributed by atoms with Crippen molar-refractivity contribution < 1.29 is 9.90 Å². The number of aliphatic hydroxyl groups is 1. The van der Waals surface area contributed by atoms with Crippen molar-refractivity contribution in [1.82, 2.24) is 4.90 Å². The van der Waals surface area contributed by atoms with Crippen LogP contribution in [0.5, 0.6) is 0 Å².